The van der Waals surface area contributed by atoms with E-state index in [2.05, 4.69) is 30.2 Å². The molecule has 1 aliphatic heterocycles. The largest absolute Gasteiger partial charge is 3.00 e. The van der Waals surface area contributed by atoms with Crippen LogP contribution in [-0.4, -0.2) is 53.4 Å². The van der Waals surface area contributed by atoms with E-state index in [-0.39, 0.29) is 25.2 Å². The number of pyridine rings is 4. The van der Waals surface area contributed by atoms with Crippen molar-refractivity contribution in [1.29, 1.82) is 0 Å². The normalized spacial score (nSPS) is 11.7. The van der Waals surface area contributed by atoms with E-state index in [1.807, 2.05) is 78.9 Å². The fraction of sp³-hybridized carbons (Fsp3) is 0.100. The van der Waals surface area contributed by atoms with Crippen molar-refractivity contribution in [3.63, 3.8) is 0 Å². The van der Waals surface area contributed by atoms with Gasteiger partial charge in [0.1, 0.15) is 5.84 Å². The van der Waals surface area contributed by atoms with Gasteiger partial charge in [-0.15, -0.1) is 0 Å². The Morgan fingerprint density at radius 3 is 1.12 bits per heavy atom. The molecule has 0 atom stereocenters. The van der Waals surface area contributed by atoms with Crippen molar-refractivity contribution in [2.24, 2.45) is 4.99 Å². The summed E-state index contributed by atoms with van der Waals surface area (Å²) in [6.07, 6.45) is 8.12. The molecule has 6 rings (SSSR count). The van der Waals surface area contributed by atoms with Crippen molar-refractivity contribution in [3.05, 3.63) is 127 Å². The fourth-order valence-corrected chi connectivity index (χ4v) is 3.43. The average Bonchev–Trinajstić information content (AvgIpc) is 3.06. The Balaban J connectivity index is 0.000000314. The van der Waals surface area contributed by atoms with E-state index in [1.54, 1.807) is 43.0 Å². The van der Waals surface area contributed by atoms with Crippen LogP contribution in [0.5, 0.6) is 5.75 Å². The number of nitrogens with one attached hydrogen (secondary N) is 1. The summed E-state index contributed by atoms with van der Waals surface area (Å²) >= 11 is 0. The molecular formula is C30H27B2F8N6ORu. The Bertz CT molecular complexity index is 1420. The molecule has 0 saturated heterocycles. The van der Waals surface area contributed by atoms with E-state index in [1.165, 1.54) is 0 Å². The van der Waals surface area contributed by atoms with Crippen molar-refractivity contribution in [1.82, 2.24) is 25.3 Å². The van der Waals surface area contributed by atoms with Gasteiger partial charge in [0.25, 0.3) is 0 Å². The van der Waals surface area contributed by atoms with Gasteiger partial charge in [0.15, 0.2) is 0 Å². The fourth-order valence-electron chi connectivity index (χ4n) is 3.43. The number of halogens is 8. The van der Waals surface area contributed by atoms with Gasteiger partial charge < -0.3 is 44.9 Å². The van der Waals surface area contributed by atoms with Gasteiger partial charge in [0, 0.05) is 43.4 Å². The van der Waals surface area contributed by atoms with Gasteiger partial charge in [0.05, 0.1) is 22.8 Å². The van der Waals surface area contributed by atoms with Gasteiger partial charge in [0.2, 0.25) is 0 Å². The van der Waals surface area contributed by atoms with Gasteiger partial charge in [-0.2, -0.15) is 0 Å². The summed E-state index contributed by atoms with van der Waals surface area (Å²) in [4.78, 5) is 21.0. The molecular weight excluding hydrogens is 735 g/mol. The third-order valence-electron chi connectivity index (χ3n) is 5.22. The molecule has 253 valence electrons. The molecule has 5 heterocycles. The van der Waals surface area contributed by atoms with E-state index in [4.69, 9.17) is 0 Å². The average molecular weight is 762 g/mol. The molecule has 0 saturated carbocycles. The van der Waals surface area contributed by atoms with Crippen LogP contribution in [-0.2, 0) is 19.5 Å². The number of hydrogen-bond acceptors (Lipinski definition) is 7. The third kappa shape index (κ3) is 19.7. The molecule has 0 amide bonds. The summed E-state index contributed by atoms with van der Waals surface area (Å²) in [6.45, 7) is 1.73. The number of hydrogen-bond donors (Lipinski definition) is 1. The van der Waals surface area contributed by atoms with Crippen LogP contribution >= 0.6 is 0 Å². The van der Waals surface area contributed by atoms with E-state index < -0.39 is 14.5 Å². The number of nitrogens with zero attached hydrogens (tertiary/aromatic N) is 5. The van der Waals surface area contributed by atoms with Crippen molar-refractivity contribution in [2.75, 3.05) is 13.1 Å². The Labute approximate surface area is 284 Å². The smallest absolute Gasteiger partial charge is 0.872 e. The molecule has 0 fully saturated rings. The van der Waals surface area contributed by atoms with Crippen LogP contribution in [0.2, 0.25) is 0 Å². The number of benzene rings is 1. The zero-order valence-corrected chi connectivity index (χ0v) is 26.6. The van der Waals surface area contributed by atoms with Gasteiger partial charge >= 0.3 is 34.0 Å². The SMILES string of the molecule is F[B-](F)(F)F.F[B-](F)(F)F.[O-]c1ccccc1C1=NCCCN1.[Ru+3].c1ccc(-c2ccccn2)nc1.c1ccc(-c2ccccn2)nc1. The first-order chi connectivity index (χ1) is 22.3. The zero-order valence-electron chi connectivity index (χ0n) is 24.8. The molecule has 0 aliphatic carbocycles. The number of aliphatic imine (C=N–C) groups is 1. The molecule has 4 aromatic heterocycles. The van der Waals surface area contributed by atoms with Crippen LogP contribution in [0.15, 0.2) is 127 Å². The maximum absolute atomic E-state index is 11.4. The quantitative estimate of drug-likeness (QED) is 0.152. The summed E-state index contributed by atoms with van der Waals surface area (Å²) in [5.41, 5.74) is 4.34. The second-order valence-corrected chi connectivity index (χ2v) is 8.86. The van der Waals surface area contributed by atoms with Crippen LogP contribution in [0.1, 0.15) is 12.0 Å². The van der Waals surface area contributed by atoms with E-state index in [9.17, 15) is 39.6 Å². The van der Waals surface area contributed by atoms with Crippen molar-refractivity contribution in [2.45, 2.75) is 6.42 Å². The summed E-state index contributed by atoms with van der Waals surface area (Å²) in [5, 5.41) is 14.5. The number of para-hydroxylation sites is 1. The van der Waals surface area contributed by atoms with E-state index in [0.717, 1.165) is 48.1 Å². The molecule has 7 nitrogen and oxygen atoms in total. The predicted octanol–water partition coefficient (Wildman–Crippen LogP) is 7.38. The molecule has 1 aromatic carbocycles. The number of aromatic nitrogens is 4. The Kier molecular flexibility index (Phi) is 18.9. The molecule has 1 aliphatic rings. The molecule has 18 heteroatoms. The van der Waals surface area contributed by atoms with Crippen LogP contribution in [0.3, 0.4) is 0 Å². The van der Waals surface area contributed by atoms with Crippen LogP contribution in [0.25, 0.3) is 22.8 Å². The molecule has 0 spiro atoms. The standard InChI is InChI=1S/C10H12N2O.2C10H8N2.2BF4.Ru/c13-9-5-2-1-4-8(9)10-11-6-3-7-12-10;2*1-3-7-11-9(5-1)10-6-2-4-8-12-10;2*2-1(3,4)5;/h1-2,4-5,13H,3,6-7H2,(H,11,12);2*1-8H;;;/q;;;2*-1;+3/p-1. The number of amidine groups is 1. The van der Waals surface area contributed by atoms with Crippen LogP contribution in [0, 0.1) is 0 Å². The number of rotatable bonds is 3. The molecule has 0 unspecified atom stereocenters. The first kappa shape index (κ1) is 41.3. The van der Waals surface area contributed by atoms with Crippen molar-refractivity contribution < 1.29 is 59.1 Å². The first-order valence-corrected chi connectivity index (χ1v) is 13.8. The third-order valence-corrected chi connectivity index (χ3v) is 5.22. The summed E-state index contributed by atoms with van der Waals surface area (Å²) < 4.78 is 78.0. The molecule has 1 N–H and O–H groups in total. The predicted molar refractivity (Wildman–Crippen MR) is 165 cm³/mol. The summed E-state index contributed by atoms with van der Waals surface area (Å²) in [5.74, 6) is 0.785. The molecule has 1 radical (unpaired) electrons. The minimum absolute atomic E-state index is 0. The second kappa shape index (κ2) is 22.0. The minimum Gasteiger partial charge on any atom is -0.872 e. The van der Waals surface area contributed by atoms with Gasteiger partial charge in [-0.25, -0.2) is 0 Å². The molecule has 48 heavy (non-hydrogen) atoms. The van der Waals surface area contributed by atoms with E-state index >= 15 is 0 Å². The van der Waals surface area contributed by atoms with Gasteiger partial charge in [-0.1, -0.05) is 54.3 Å². The first-order valence-electron chi connectivity index (χ1n) is 13.8. The summed E-state index contributed by atoms with van der Waals surface area (Å²) in [6, 6.07) is 30.2. The molecule has 5 aromatic rings. The maximum Gasteiger partial charge on any atom is 3.00 e. The second-order valence-electron chi connectivity index (χ2n) is 8.86. The summed E-state index contributed by atoms with van der Waals surface area (Å²) in [7, 11) is -12.0. The van der Waals surface area contributed by atoms with Crippen LogP contribution < -0.4 is 10.4 Å². The Hall–Kier alpha value is -4.72. The van der Waals surface area contributed by atoms with Gasteiger partial charge in [-0.3, -0.25) is 24.9 Å². The Morgan fingerprint density at radius 1 is 0.521 bits per heavy atom. The van der Waals surface area contributed by atoms with Crippen molar-refractivity contribution in [3.8, 4) is 28.5 Å². The topological polar surface area (TPSA) is 99.0 Å². The van der Waals surface area contributed by atoms with Crippen LogP contribution in [0.4, 0.5) is 34.5 Å². The minimum atomic E-state index is -6.00. The monoisotopic (exact) mass is 763 g/mol. The van der Waals surface area contributed by atoms with E-state index in [0.29, 0.717) is 5.56 Å². The van der Waals surface area contributed by atoms with Crippen molar-refractivity contribution >= 4 is 20.3 Å². The maximum atomic E-state index is 11.4. The van der Waals surface area contributed by atoms with Gasteiger partial charge in [-0.05, 0) is 55.0 Å². The Morgan fingerprint density at radius 2 is 0.854 bits per heavy atom. The molecule has 0 bridgehead atoms. The zero-order chi connectivity index (χ0) is 34.5.